The van der Waals surface area contributed by atoms with Crippen LogP contribution in [0.1, 0.15) is 19.2 Å². The summed E-state index contributed by atoms with van der Waals surface area (Å²) in [5, 5.41) is 18.5. The Kier molecular flexibility index (Phi) is 3.70. The minimum Gasteiger partial charge on any atom is -0.431 e. The Labute approximate surface area is 119 Å². The predicted octanol–water partition coefficient (Wildman–Crippen LogP) is 2.47. The molecule has 2 aromatic heterocycles. The monoisotopic (exact) mass is 290 g/mol. The van der Waals surface area contributed by atoms with Crippen molar-refractivity contribution in [1.29, 1.82) is 0 Å². The van der Waals surface area contributed by atoms with Crippen LogP contribution in [0, 0.1) is 0 Å². The standard InChI is InChI=1S/C13H14N4O2S/c1-2-7-17-11(8-18)15-16-12(17)20-13-14-9-5-3-4-6-10(9)19-13/h3-6,18H,2,7-8H2,1H3. The first kappa shape index (κ1) is 13.1. The molecule has 20 heavy (non-hydrogen) atoms. The molecule has 0 bridgehead atoms. The zero-order chi connectivity index (χ0) is 13.9. The number of oxazole rings is 1. The molecule has 0 saturated carbocycles. The lowest BCUT2D eigenvalue weighted by Gasteiger charge is -2.05. The lowest BCUT2D eigenvalue weighted by molar-refractivity contribution is 0.263. The quantitative estimate of drug-likeness (QED) is 0.778. The van der Waals surface area contributed by atoms with Gasteiger partial charge in [0.2, 0.25) is 5.16 Å². The molecule has 0 aliphatic rings. The Balaban J connectivity index is 1.92. The fourth-order valence-corrected chi connectivity index (χ4v) is 2.75. The topological polar surface area (TPSA) is 77.0 Å². The largest absolute Gasteiger partial charge is 0.431 e. The maximum Gasteiger partial charge on any atom is 0.264 e. The van der Waals surface area contributed by atoms with Crippen molar-refractivity contribution >= 4 is 22.9 Å². The van der Waals surface area contributed by atoms with E-state index >= 15 is 0 Å². The minimum atomic E-state index is -0.124. The van der Waals surface area contributed by atoms with E-state index < -0.39 is 0 Å². The Bertz CT molecular complexity index is 689. The van der Waals surface area contributed by atoms with Gasteiger partial charge in [-0.3, -0.25) is 0 Å². The normalized spacial score (nSPS) is 11.3. The summed E-state index contributed by atoms with van der Waals surface area (Å²) >= 11 is 1.32. The van der Waals surface area contributed by atoms with E-state index in [0.29, 0.717) is 16.2 Å². The van der Waals surface area contributed by atoms with Crippen LogP contribution in [0.25, 0.3) is 11.1 Å². The van der Waals surface area contributed by atoms with Gasteiger partial charge >= 0.3 is 0 Å². The van der Waals surface area contributed by atoms with E-state index in [2.05, 4.69) is 22.1 Å². The maximum atomic E-state index is 9.27. The molecule has 2 heterocycles. The lowest BCUT2D eigenvalue weighted by atomic mass is 10.3. The Morgan fingerprint density at radius 1 is 1.30 bits per heavy atom. The van der Waals surface area contributed by atoms with E-state index in [1.165, 1.54) is 11.8 Å². The van der Waals surface area contributed by atoms with Crippen molar-refractivity contribution in [3.8, 4) is 0 Å². The van der Waals surface area contributed by atoms with Gasteiger partial charge in [0.1, 0.15) is 12.1 Å². The molecule has 3 rings (SSSR count). The molecule has 0 spiro atoms. The first-order valence-electron chi connectivity index (χ1n) is 6.38. The third-order valence-electron chi connectivity index (χ3n) is 2.83. The second-order valence-corrected chi connectivity index (χ2v) is 5.18. The molecular weight excluding hydrogens is 276 g/mol. The molecule has 0 fully saturated rings. The first-order chi connectivity index (χ1) is 9.81. The van der Waals surface area contributed by atoms with Crippen LogP contribution in [0.3, 0.4) is 0 Å². The second kappa shape index (κ2) is 5.64. The van der Waals surface area contributed by atoms with E-state index in [-0.39, 0.29) is 6.61 Å². The number of aromatic nitrogens is 4. The summed E-state index contributed by atoms with van der Waals surface area (Å²) in [6.45, 7) is 2.70. The van der Waals surface area contributed by atoms with Gasteiger partial charge in [-0.25, -0.2) is 4.98 Å². The average Bonchev–Trinajstić information content (AvgIpc) is 3.03. The number of hydrogen-bond acceptors (Lipinski definition) is 6. The summed E-state index contributed by atoms with van der Waals surface area (Å²) in [6, 6.07) is 7.61. The van der Waals surface area contributed by atoms with Crippen molar-refractivity contribution in [2.45, 2.75) is 36.9 Å². The molecule has 0 unspecified atom stereocenters. The number of aliphatic hydroxyl groups is 1. The third kappa shape index (κ3) is 2.41. The van der Waals surface area contributed by atoms with Crippen molar-refractivity contribution in [3.05, 3.63) is 30.1 Å². The SMILES string of the molecule is CCCn1c(CO)nnc1Sc1nc2ccccc2o1. The molecular formula is C13H14N4O2S. The van der Waals surface area contributed by atoms with Gasteiger partial charge in [0, 0.05) is 18.3 Å². The van der Waals surface area contributed by atoms with Crippen molar-refractivity contribution in [1.82, 2.24) is 19.7 Å². The van der Waals surface area contributed by atoms with Crippen LogP contribution in [0.2, 0.25) is 0 Å². The summed E-state index contributed by atoms with van der Waals surface area (Å²) in [7, 11) is 0. The van der Waals surface area contributed by atoms with Gasteiger partial charge in [0.25, 0.3) is 5.22 Å². The van der Waals surface area contributed by atoms with Crippen LogP contribution in [0.4, 0.5) is 0 Å². The molecule has 3 aromatic rings. The highest BCUT2D eigenvalue weighted by Crippen LogP contribution is 2.29. The molecule has 0 saturated heterocycles. The van der Waals surface area contributed by atoms with Crippen molar-refractivity contribution in [2.24, 2.45) is 0 Å². The summed E-state index contributed by atoms with van der Waals surface area (Å²) in [5.74, 6) is 0.561. The van der Waals surface area contributed by atoms with Crippen LogP contribution in [-0.4, -0.2) is 24.9 Å². The Morgan fingerprint density at radius 3 is 2.90 bits per heavy atom. The molecule has 0 radical (unpaired) electrons. The zero-order valence-electron chi connectivity index (χ0n) is 11.0. The number of rotatable bonds is 5. The molecule has 0 aliphatic carbocycles. The fourth-order valence-electron chi connectivity index (χ4n) is 1.93. The minimum absolute atomic E-state index is 0.124. The summed E-state index contributed by atoms with van der Waals surface area (Å²) < 4.78 is 7.54. The highest BCUT2D eigenvalue weighted by molar-refractivity contribution is 7.99. The third-order valence-corrected chi connectivity index (χ3v) is 3.67. The van der Waals surface area contributed by atoms with Gasteiger partial charge in [0.05, 0.1) is 0 Å². The number of nitrogens with zero attached hydrogens (tertiary/aromatic N) is 4. The van der Waals surface area contributed by atoms with E-state index in [0.717, 1.165) is 24.1 Å². The van der Waals surface area contributed by atoms with Gasteiger partial charge in [-0.05, 0) is 18.6 Å². The highest BCUT2D eigenvalue weighted by atomic mass is 32.2. The molecule has 1 aromatic carbocycles. The number of hydrogen-bond donors (Lipinski definition) is 1. The highest BCUT2D eigenvalue weighted by Gasteiger charge is 2.15. The van der Waals surface area contributed by atoms with Crippen molar-refractivity contribution in [2.75, 3.05) is 0 Å². The Morgan fingerprint density at radius 2 is 2.15 bits per heavy atom. The molecule has 1 N–H and O–H groups in total. The number of benzene rings is 1. The lowest BCUT2D eigenvalue weighted by Crippen LogP contribution is -2.04. The fraction of sp³-hybridized carbons (Fsp3) is 0.308. The second-order valence-electron chi connectivity index (χ2n) is 4.26. The van der Waals surface area contributed by atoms with Gasteiger partial charge in [-0.1, -0.05) is 19.1 Å². The molecule has 0 aliphatic heterocycles. The van der Waals surface area contributed by atoms with Gasteiger partial charge in [-0.15, -0.1) is 10.2 Å². The van der Waals surface area contributed by atoms with E-state index in [4.69, 9.17) is 4.42 Å². The smallest absolute Gasteiger partial charge is 0.264 e. The number of para-hydroxylation sites is 2. The van der Waals surface area contributed by atoms with E-state index in [1.54, 1.807) is 0 Å². The van der Waals surface area contributed by atoms with Crippen LogP contribution < -0.4 is 0 Å². The predicted molar refractivity (Wildman–Crippen MR) is 74.4 cm³/mol. The zero-order valence-corrected chi connectivity index (χ0v) is 11.8. The van der Waals surface area contributed by atoms with Gasteiger partial charge in [0.15, 0.2) is 11.4 Å². The number of aliphatic hydroxyl groups excluding tert-OH is 1. The van der Waals surface area contributed by atoms with Crippen molar-refractivity contribution in [3.63, 3.8) is 0 Å². The molecule has 0 atom stereocenters. The molecule has 7 heteroatoms. The summed E-state index contributed by atoms with van der Waals surface area (Å²) in [5.41, 5.74) is 1.57. The van der Waals surface area contributed by atoms with E-state index in [1.807, 2.05) is 28.8 Å². The van der Waals surface area contributed by atoms with Crippen LogP contribution >= 0.6 is 11.8 Å². The molecule has 104 valence electrons. The van der Waals surface area contributed by atoms with E-state index in [9.17, 15) is 5.11 Å². The maximum absolute atomic E-state index is 9.27. The Hall–Kier alpha value is -1.86. The van der Waals surface area contributed by atoms with Crippen molar-refractivity contribution < 1.29 is 9.52 Å². The number of fused-ring (bicyclic) bond motifs is 1. The van der Waals surface area contributed by atoms with Gasteiger partial charge < -0.3 is 14.1 Å². The van der Waals surface area contributed by atoms with Crippen LogP contribution in [0.15, 0.2) is 39.1 Å². The first-order valence-corrected chi connectivity index (χ1v) is 7.20. The molecule has 6 nitrogen and oxygen atoms in total. The molecule has 0 amide bonds. The average molecular weight is 290 g/mol. The summed E-state index contributed by atoms with van der Waals surface area (Å²) in [4.78, 5) is 4.40. The van der Waals surface area contributed by atoms with Crippen LogP contribution in [-0.2, 0) is 13.2 Å². The van der Waals surface area contributed by atoms with Crippen LogP contribution in [0.5, 0.6) is 0 Å². The summed E-state index contributed by atoms with van der Waals surface area (Å²) in [6.07, 6.45) is 0.937. The van der Waals surface area contributed by atoms with Gasteiger partial charge in [-0.2, -0.15) is 0 Å².